The molecule has 1 atom stereocenters. The molecule has 2 aromatic carbocycles. The molecule has 0 saturated carbocycles. The van der Waals surface area contributed by atoms with E-state index in [0.29, 0.717) is 17.3 Å². The van der Waals surface area contributed by atoms with E-state index in [-0.39, 0.29) is 5.78 Å². The van der Waals surface area contributed by atoms with Crippen LogP contribution in [0.1, 0.15) is 52.5 Å². The molecular formula is C26H31N5O. The summed E-state index contributed by atoms with van der Waals surface area (Å²) in [4.78, 5) is 17.7. The van der Waals surface area contributed by atoms with Gasteiger partial charge in [0.1, 0.15) is 0 Å². The maximum Gasteiger partial charge on any atom is 0.214 e. The minimum absolute atomic E-state index is 0.0720. The van der Waals surface area contributed by atoms with E-state index in [0.717, 1.165) is 45.7 Å². The van der Waals surface area contributed by atoms with Crippen molar-refractivity contribution in [3.8, 4) is 0 Å². The van der Waals surface area contributed by atoms with Crippen LogP contribution >= 0.6 is 0 Å². The van der Waals surface area contributed by atoms with Crippen molar-refractivity contribution in [2.24, 2.45) is 0 Å². The van der Waals surface area contributed by atoms with Gasteiger partial charge in [-0.2, -0.15) is 0 Å². The largest absolute Gasteiger partial charge is 0.301 e. The standard InChI is InChI=1S/C26H31N5O/c32-26(22-9-2-1-3-10-22)24-20-31(28-27-24)15-7-14-29-16-18-30(19-17-29)25-13-6-11-21-8-4-5-12-23(21)25/h1-5,8-10,12,20,25H,6-7,11,13-19H2. The Balaban J connectivity index is 1.08. The Bertz CT molecular complexity index is 1040. The van der Waals surface area contributed by atoms with Gasteiger partial charge in [0.2, 0.25) is 5.78 Å². The first-order chi connectivity index (χ1) is 15.8. The van der Waals surface area contributed by atoms with E-state index in [1.807, 2.05) is 30.3 Å². The fraction of sp³-hybridized carbons (Fsp3) is 0.423. The topological polar surface area (TPSA) is 54.3 Å². The molecule has 1 unspecified atom stereocenters. The van der Waals surface area contributed by atoms with Gasteiger partial charge in [-0.15, -0.1) is 5.10 Å². The molecule has 2 heterocycles. The summed E-state index contributed by atoms with van der Waals surface area (Å²) in [7, 11) is 0. The molecule has 6 nitrogen and oxygen atoms in total. The van der Waals surface area contributed by atoms with Crippen LogP contribution in [0.5, 0.6) is 0 Å². The second kappa shape index (κ2) is 9.76. The van der Waals surface area contributed by atoms with E-state index in [1.165, 1.54) is 19.3 Å². The van der Waals surface area contributed by atoms with Crippen molar-refractivity contribution in [2.45, 2.75) is 38.3 Å². The third-order valence-corrected chi connectivity index (χ3v) is 6.85. The van der Waals surface area contributed by atoms with Crippen LogP contribution in [0.15, 0.2) is 60.8 Å². The number of aryl methyl sites for hydroxylation is 2. The Hall–Kier alpha value is -2.83. The van der Waals surface area contributed by atoms with Gasteiger partial charge in [-0.3, -0.25) is 14.4 Å². The van der Waals surface area contributed by atoms with Crippen LogP contribution in [-0.2, 0) is 13.0 Å². The van der Waals surface area contributed by atoms with Crippen molar-refractivity contribution in [1.82, 2.24) is 24.8 Å². The third kappa shape index (κ3) is 4.66. The average molecular weight is 430 g/mol. The number of fused-ring (bicyclic) bond motifs is 1. The van der Waals surface area contributed by atoms with Gasteiger partial charge in [0.05, 0.1) is 6.20 Å². The summed E-state index contributed by atoms with van der Waals surface area (Å²) in [5, 5.41) is 8.24. The zero-order chi connectivity index (χ0) is 21.8. The molecular weight excluding hydrogens is 398 g/mol. The fourth-order valence-electron chi connectivity index (χ4n) is 5.11. The number of ketones is 1. The number of piperazine rings is 1. The van der Waals surface area contributed by atoms with Gasteiger partial charge in [0.25, 0.3) is 0 Å². The van der Waals surface area contributed by atoms with Gasteiger partial charge in [-0.05, 0) is 36.8 Å². The van der Waals surface area contributed by atoms with E-state index in [4.69, 9.17) is 0 Å². The first-order valence-electron chi connectivity index (χ1n) is 11.8. The van der Waals surface area contributed by atoms with Gasteiger partial charge in [-0.25, -0.2) is 0 Å². The lowest BCUT2D eigenvalue weighted by molar-refractivity contribution is 0.0866. The van der Waals surface area contributed by atoms with Crippen LogP contribution in [0.4, 0.5) is 0 Å². The summed E-state index contributed by atoms with van der Waals surface area (Å²) in [6.07, 6.45) is 6.60. The number of carbonyl (C=O) groups excluding carboxylic acids is 1. The number of carbonyl (C=O) groups is 1. The zero-order valence-electron chi connectivity index (χ0n) is 18.6. The highest BCUT2D eigenvalue weighted by atomic mass is 16.1. The minimum Gasteiger partial charge on any atom is -0.301 e. The summed E-state index contributed by atoms with van der Waals surface area (Å²) in [6.45, 7) is 6.35. The minimum atomic E-state index is -0.0720. The van der Waals surface area contributed by atoms with E-state index in [2.05, 4.69) is 44.4 Å². The summed E-state index contributed by atoms with van der Waals surface area (Å²) in [5.41, 5.74) is 4.17. The van der Waals surface area contributed by atoms with Crippen molar-refractivity contribution < 1.29 is 4.79 Å². The van der Waals surface area contributed by atoms with Crippen LogP contribution in [0, 0.1) is 0 Å². The monoisotopic (exact) mass is 429 g/mol. The van der Waals surface area contributed by atoms with Crippen molar-refractivity contribution in [1.29, 1.82) is 0 Å². The van der Waals surface area contributed by atoms with Crippen molar-refractivity contribution in [3.63, 3.8) is 0 Å². The number of aromatic nitrogens is 3. The molecule has 1 aliphatic carbocycles. The third-order valence-electron chi connectivity index (χ3n) is 6.85. The van der Waals surface area contributed by atoms with Crippen LogP contribution in [-0.4, -0.2) is 63.3 Å². The molecule has 32 heavy (non-hydrogen) atoms. The van der Waals surface area contributed by atoms with Crippen molar-refractivity contribution in [3.05, 3.63) is 83.2 Å². The molecule has 166 valence electrons. The van der Waals surface area contributed by atoms with E-state index >= 15 is 0 Å². The quantitative estimate of drug-likeness (QED) is 0.537. The summed E-state index contributed by atoms with van der Waals surface area (Å²) < 4.78 is 1.80. The first kappa shape index (κ1) is 21.0. The number of rotatable bonds is 7. The highest BCUT2D eigenvalue weighted by Gasteiger charge is 2.28. The molecule has 1 aliphatic heterocycles. The Labute approximate surface area is 189 Å². The Morgan fingerprint density at radius 1 is 0.938 bits per heavy atom. The predicted molar refractivity (Wildman–Crippen MR) is 125 cm³/mol. The molecule has 1 fully saturated rings. The highest BCUT2D eigenvalue weighted by Crippen LogP contribution is 2.34. The van der Waals surface area contributed by atoms with E-state index in [1.54, 1.807) is 22.0 Å². The van der Waals surface area contributed by atoms with Gasteiger partial charge in [0, 0.05) is 50.9 Å². The van der Waals surface area contributed by atoms with Crippen LogP contribution in [0.25, 0.3) is 0 Å². The van der Waals surface area contributed by atoms with E-state index in [9.17, 15) is 4.79 Å². The number of hydrogen-bond donors (Lipinski definition) is 0. The predicted octanol–water partition coefficient (Wildman–Crippen LogP) is 3.59. The van der Waals surface area contributed by atoms with Crippen LogP contribution in [0.2, 0.25) is 0 Å². The molecule has 6 heteroatoms. The zero-order valence-corrected chi connectivity index (χ0v) is 18.6. The Morgan fingerprint density at radius 2 is 1.72 bits per heavy atom. The lowest BCUT2D eigenvalue weighted by atomic mass is 9.86. The lowest BCUT2D eigenvalue weighted by Crippen LogP contribution is -2.48. The number of hydrogen-bond acceptors (Lipinski definition) is 5. The molecule has 0 radical (unpaired) electrons. The SMILES string of the molecule is O=C(c1ccccc1)c1cn(CCCN2CCN(C3CCCc4ccccc43)CC2)nn1. The van der Waals surface area contributed by atoms with Gasteiger partial charge in [-0.1, -0.05) is 59.8 Å². The smallest absolute Gasteiger partial charge is 0.214 e. The fourth-order valence-corrected chi connectivity index (χ4v) is 5.11. The second-order valence-corrected chi connectivity index (χ2v) is 8.90. The summed E-state index contributed by atoms with van der Waals surface area (Å²) in [5.74, 6) is -0.0720. The van der Waals surface area contributed by atoms with Gasteiger partial charge < -0.3 is 4.90 Å². The maximum absolute atomic E-state index is 12.5. The molecule has 5 rings (SSSR count). The molecule has 0 spiro atoms. The Morgan fingerprint density at radius 3 is 2.56 bits per heavy atom. The summed E-state index contributed by atoms with van der Waals surface area (Å²) >= 11 is 0. The molecule has 0 N–H and O–H groups in total. The second-order valence-electron chi connectivity index (χ2n) is 8.90. The first-order valence-corrected chi connectivity index (χ1v) is 11.8. The molecule has 1 saturated heterocycles. The Kier molecular flexibility index (Phi) is 6.41. The molecule has 2 aliphatic rings. The van der Waals surface area contributed by atoms with Crippen molar-refractivity contribution in [2.75, 3.05) is 32.7 Å². The average Bonchev–Trinajstić information content (AvgIpc) is 3.33. The van der Waals surface area contributed by atoms with Crippen molar-refractivity contribution >= 4 is 5.78 Å². The summed E-state index contributed by atoms with van der Waals surface area (Å²) in [6, 6.07) is 18.9. The molecule has 1 aromatic heterocycles. The van der Waals surface area contributed by atoms with Gasteiger partial charge in [0.15, 0.2) is 5.69 Å². The molecule has 3 aromatic rings. The maximum atomic E-state index is 12.5. The molecule has 0 amide bonds. The highest BCUT2D eigenvalue weighted by molar-refractivity contribution is 6.07. The van der Waals surface area contributed by atoms with E-state index < -0.39 is 0 Å². The normalized spacial score (nSPS) is 19.6. The van der Waals surface area contributed by atoms with Crippen LogP contribution in [0.3, 0.4) is 0 Å². The lowest BCUT2D eigenvalue weighted by Gasteiger charge is -2.41. The number of nitrogens with zero attached hydrogens (tertiary/aromatic N) is 5. The van der Waals surface area contributed by atoms with Crippen LogP contribution < -0.4 is 0 Å². The number of benzene rings is 2. The van der Waals surface area contributed by atoms with Gasteiger partial charge >= 0.3 is 0 Å². The molecule has 0 bridgehead atoms.